The van der Waals surface area contributed by atoms with Crippen LogP contribution in [0.25, 0.3) is 0 Å². The van der Waals surface area contributed by atoms with Crippen LogP contribution in [0.1, 0.15) is 33.1 Å². The second-order valence-electron chi connectivity index (χ2n) is 5.10. The minimum Gasteiger partial charge on any atom is -0.355 e. The lowest BCUT2D eigenvalue weighted by molar-refractivity contribution is -0.140. The van der Waals surface area contributed by atoms with Crippen LogP contribution < -0.4 is 5.32 Å². The highest BCUT2D eigenvalue weighted by Gasteiger charge is 2.35. The highest BCUT2D eigenvalue weighted by molar-refractivity contribution is 5.89. The van der Waals surface area contributed by atoms with Crippen LogP contribution in [0, 0.1) is 11.8 Å². The molecule has 2 fully saturated rings. The van der Waals surface area contributed by atoms with Crippen LogP contribution in [-0.4, -0.2) is 35.8 Å². The van der Waals surface area contributed by atoms with E-state index in [2.05, 4.69) is 19.2 Å². The van der Waals surface area contributed by atoms with Crippen LogP contribution in [0.3, 0.4) is 0 Å². The predicted octanol–water partition coefficient (Wildman–Crippen LogP) is 0.770. The van der Waals surface area contributed by atoms with Crippen molar-refractivity contribution in [3.63, 3.8) is 0 Å². The zero-order valence-corrected chi connectivity index (χ0v) is 10.0. The number of nitrogens with one attached hydrogen (secondary N) is 1. The van der Waals surface area contributed by atoms with Gasteiger partial charge in [0.15, 0.2) is 0 Å². The Morgan fingerprint density at radius 2 is 2.19 bits per heavy atom. The van der Waals surface area contributed by atoms with Crippen molar-refractivity contribution in [3.05, 3.63) is 0 Å². The van der Waals surface area contributed by atoms with Crippen molar-refractivity contribution in [1.29, 1.82) is 0 Å². The van der Waals surface area contributed by atoms with E-state index >= 15 is 0 Å². The normalized spacial score (nSPS) is 35.0. The summed E-state index contributed by atoms with van der Waals surface area (Å²) in [4.78, 5) is 25.3. The number of likely N-dealkylation sites (tertiary alicyclic amines) is 1. The first-order valence-corrected chi connectivity index (χ1v) is 6.16. The lowest BCUT2D eigenvalue weighted by Crippen LogP contribution is -2.48. The van der Waals surface area contributed by atoms with Crippen LogP contribution in [0.5, 0.6) is 0 Å². The molecule has 0 saturated carbocycles. The highest BCUT2D eigenvalue weighted by Crippen LogP contribution is 2.25. The van der Waals surface area contributed by atoms with Gasteiger partial charge < -0.3 is 10.2 Å². The van der Waals surface area contributed by atoms with Gasteiger partial charge in [-0.3, -0.25) is 9.59 Å². The second kappa shape index (κ2) is 4.44. The van der Waals surface area contributed by atoms with Crippen LogP contribution in [-0.2, 0) is 9.59 Å². The zero-order chi connectivity index (χ0) is 11.7. The standard InChI is InChI=1S/C12H20N2O2/c1-8-4-3-5-14(9(8)2)12(16)10-6-11(15)13-7-10/h8-10H,3-7H2,1-2H3,(H,13,15). The first-order valence-electron chi connectivity index (χ1n) is 6.16. The summed E-state index contributed by atoms with van der Waals surface area (Å²) in [6.45, 7) is 5.69. The Morgan fingerprint density at radius 3 is 2.81 bits per heavy atom. The summed E-state index contributed by atoms with van der Waals surface area (Å²) in [5.74, 6) is 0.622. The van der Waals surface area contributed by atoms with Crippen molar-refractivity contribution in [2.75, 3.05) is 13.1 Å². The molecule has 0 radical (unpaired) electrons. The lowest BCUT2D eigenvalue weighted by atomic mass is 9.90. The molecule has 0 spiro atoms. The SMILES string of the molecule is CC1CCCN(C(=O)C2CNC(=O)C2)C1C. The molecule has 2 aliphatic heterocycles. The van der Waals surface area contributed by atoms with E-state index in [0.717, 1.165) is 13.0 Å². The van der Waals surface area contributed by atoms with Gasteiger partial charge in [0.25, 0.3) is 0 Å². The maximum Gasteiger partial charge on any atom is 0.228 e. The fraction of sp³-hybridized carbons (Fsp3) is 0.833. The molecule has 0 aromatic heterocycles. The van der Waals surface area contributed by atoms with Crippen molar-refractivity contribution in [2.24, 2.45) is 11.8 Å². The number of nitrogens with zero attached hydrogens (tertiary/aromatic N) is 1. The van der Waals surface area contributed by atoms with Crippen LogP contribution >= 0.6 is 0 Å². The van der Waals surface area contributed by atoms with Gasteiger partial charge in [-0.25, -0.2) is 0 Å². The summed E-state index contributed by atoms with van der Waals surface area (Å²) < 4.78 is 0. The maximum absolute atomic E-state index is 12.2. The molecule has 0 bridgehead atoms. The number of hydrogen-bond donors (Lipinski definition) is 1. The van der Waals surface area contributed by atoms with E-state index in [1.807, 2.05) is 4.90 Å². The number of hydrogen-bond acceptors (Lipinski definition) is 2. The zero-order valence-electron chi connectivity index (χ0n) is 10.0. The Kier molecular flexibility index (Phi) is 3.17. The van der Waals surface area contributed by atoms with E-state index < -0.39 is 0 Å². The molecule has 90 valence electrons. The van der Waals surface area contributed by atoms with E-state index in [9.17, 15) is 9.59 Å². The second-order valence-corrected chi connectivity index (χ2v) is 5.10. The molecular formula is C12H20N2O2. The molecule has 0 aromatic rings. The number of carbonyl (C=O) groups excluding carboxylic acids is 2. The molecule has 3 unspecified atom stereocenters. The van der Waals surface area contributed by atoms with Gasteiger partial charge in [-0.1, -0.05) is 6.92 Å². The Labute approximate surface area is 96.4 Å². The molecule has 2 rings (SSSR count). The Morgan fingerprint density at radius 1 is 1.44 bits per heavy atom. The van der Waals surface area contributed by atoms with Crippen molar-refractivity contribution in [2.45, 2.75) is 39.2 Å². The molecule has 2 saturated heterocycles. The molecule has 2 heterocycles. The van der Waals surface area contributed by atoms with Crippen LogP contribution in [0.4, 0.5) is 0 Å². The van der Waals surface area contributed by atoms with Crippen molar-refractivity contribution in [1.82, 2.24) is 10.2 Å². The summed E-state index contributed by atoms with van der Waals surface area (Å²) in [5, 5.41) is 2.73. The van der Waals surface area contributed by atoms with Gasteiger partial charge in [0.05, 0.1) is 5.92 Å². The third-order valence-corrected chi connectivity index (χ3v) is 3.98. The minimum absolute atomic E-state index is 0.0102. The van der Waals surface area contributed by atoms with Crippen LogP contribution in [0.2, 0.25) is 0 Å². The molecular weight excluding hydrogens is 204 g/mol. The third kappa shape index (κ3) is 2.06. The summed E-state index contributed by atoms with van der Waals surface area (Å²) in [6, 6.07) is 0.317. The molecule has 4 heteroatoms. The molecule has 3 atom stereocenters. The Hall–Kier alpha value is -1.06. The molecule has 4 nitrogen and oxygen atoms in total. The van der Waals surface area contributed by atoms with Gasteiger partial charge in [0.2, 0.25) is 11.8 Å². The van der Waals surface area contributed by atoms with Gasteiger partial charge >= 0.3 is 0 Å². The van der Waals surface area contributed by atoms with E-state index in [0.29, 0.717) is 24.9 Å². The predicted molar refractivity (Wildman–Crippen MR) is 60.7 cm³/mol. The Bertz CT molecular complexity index is 303. The summed E-state index contributed by atoms with van der Waals surface area (Å²) in [6.07, 6.45) is 2.66. The van der Waals surface area contributed by atoms with Crippen molar-refractivity contribution >= 4 is 11.8 Å². The van der Waals surface area contributed by atoms with E-state index in [1.54, 1.807) is 0 Å². The van der Waals surface area contributed by atoms with E-state index in [1.165, 1.54) is 6.42 Å². The van der Waals surface area contributed by atoms with Gasteiger partial charge in [-0.05, 0) is 25.7 Å². The van der Waals surface area contributed by atoms with Crippen LogP contribution in [0.15, 0.2) is 0 Å². The number of amides is 2. The molecule has 0 aromatic carbocycles. The first-order chi connectivity index (χ1) is 7.59. The monoisotopic (exact) mass is 224 g/mol. The molecule has 16 heavy (non-hydrogen) atoms. The quantitative estimate of drug-likeness (QED) is 0.715. The minimum atomic E-state index is -0.125. The number of piperidine rings is 1. The number of carbonyl (C=O) groups is 2. The summed E-state index contributed by atoms with van der Waals surface area (Å²) >= 11 is 0. The summed E-state index contributed by atoms with van der Waals surface area (Å²) in [7, 11) is 0. The van der Waals surface area contributed by atoms with E-state index in [4.69, 9.17) is 0 Å². The van der Waals surface area contributed by atoms with Gasteiger partial charge in [0.1, 0.15) is 0 Å². The molecule has 2 amide bonds. The van der Waals surface area contributed by atoms with Crippen molar-refractivity contribution in [3.8, 4) is 0 Å². The molecule has 2 aliphatic rings. The topological polar surface area (TPSA) is 49.4 Å². The highest BCUT2D eigenvalue weighted by atomic mass is 16.2. The molecule has 1 N–H and O–H groups in total. The van der Waals surface area contributed by atoms with Crippen molar-refractivity contribution < 1.29 is 9.59 Å². The maximum atomic E-state index is 12.2. The largest absolute Gasteiger partial charge is 0.355 e. The fourth-order valence-corrected chi connectivity index (χ4v) is 2.66. The van der Waals surface area contributed by atoms with Gasteiger partial charge in [-0.15, -0.1) is 0 Å². The van der Waals surface area contributed by atoms with Gasteiger partial charge in [-0.2, -0.15) is 0 Å². The molecule has 0 aliphatic carbocycles. The third-order valence-electron chi connectivity index (χ3n) is 3.98. The smallest absolute Gasteiger partial charge is 0.228 e. The first kappa shape index (κ1) is 11.4. The number of rotatable bonds is 1. The summed E-state index contributed by atoms with van der Waals surface area (Å²) in [5.41, 5.74) is 0. The van der Waals surface area contributed by atoms with E-state index in [-0.39, 0.29) is 17.7 Å². The van der Waals surface area contributed by atoms with Gasteiger partial charge in [0, 0.05) is 25.6 Å². The average Bonchev–Trinajstić information content (AvgIpc) is 2.68. The fourth-order valence-electron chi connectivity index (χ4n) is 2.66. The Balaban J connectivity index is 2.00. The average molecular weight is 224 g/mol. The lowest BCUT2D eigenvalue weighted by Gasteiger charge is -2.39.